The Morgan fingerprint density at radius 2 is 1.93 bits per heavy atom. The first kappa shape index (κ1) is 20.9. The highest BCUT2D eigenvalue weighted by molar-refractivity contribution is 5.97. The second-order valence-corrected chi connectivity index (χ2v) is 6.53. The van der Waals surface area contributed by atoms with Gasteiger partial charge in [0.1, 0.15) is 10.7 Å². The van der Waals surface area contributed by atoms with Gasteiger partial charge in [-0.3, -0.25) is 14.9 Å². The first-order chi connectivity index (χ1) is 13.2. The zero-order valence-electron chi connectivity index (χ0n) is 16.1. The van der Waals surface area contributed by atoms with Crippen LogP contribution < -0.4 is 5.32 Å². The summed E-state index contributed by atoms with van der Waals surface area (Å²) in [6.07, 6.45) is 1.25. The number of nitro groups is 1. The summed E-state index contributed by atoms with van der Waals surface area (Å²) in [7, 11) is 0. The first-order valence-electron chi connectivity index (χ1n) is 8.72. The van der Waals surface area contributed by atoms with Gasteiger partial charge >= 0.3 is 11.9 Å². The van der Waals surface area contributed by atoms with E-state index in [1.54, 1.807) is 0 Å². The third-order valence-electron chi connectivity index (χ3n) is 4.01. The molecule has 8 heteroatoms. The van der Waals surface area contributed by atoms with E-state index in [1.807, 2.05) is 39.0 Å². The lowest BCUT2D eigenvalue weighted by Gasteiger charge is -2.18. The predicted molar refractivity (Wildman–Crippen MR) is 104 cm³/mol. The molecule has 148 valence electrons. The van der Waals surface area contributed by atoms with Gasteiger partial charge in [0, 0.05) is 11.8 Å². The molecule has 1 heterocycles. The predicted octanol–water partition coefficient (Wildman–Crippen LogP) is 4.20. The molecule has 0 aliphatic heterocycles. The van der Waals surface area contributed by atoms with E-state index in [9.17, 15) is 19.7 Å². The molecule has 0 saturated carbocycles. The van der Waals surface area contributed by atoms with Crippen LogP contribution in [0.15, 0.2) is 40.8 Å². The molecule has 2 aromatic rings. The summed E-state index contributed by atoms with van der Waals surface area (Å²) < 4.78 is 9.99. The Bertz CT molecular complexity index is 913. The molecule has 0 spiro atoms. The summed E-state index contributed by atoms with van der Waals surface area (Å²) in [6, 6.07) is 8.28. The van der Waals surface area contributed by atoms with Crippen molar-refractivity contribution in [3.05, 3.63) is 63.4 Å². The maximum Gasteiger partial charge on any atom is 0.433 e. The Morgan fingerprint density at radius 1 is 1.21 bits per heavy atom. The van der Waals surface area contributed by atoms with Crippen LogP contribution >= 0.6 is 0 Å². The van der Waals surface area contributed by atoms with Gasteiger partial charge in [-0.05, 0) is 43.0 Å². The number of hydrogen-bond acceptors (Lipinski definition) is 6. The first-order valence-corrected chi connectivity index (χ1v) is 8.72. The van der Waals surface area contributed by atoms with Gasteiger partial charge in [-0.2, -0.15) is 0 Å². The van der Waals surface area contributed by atoms with Crippen molar-refractivity contribution in [1.82, 2.24) is 0 Å². The van der Waals surface area contributed by atoms with Crippen LogP contribution in [0.3, 0.4) is 0 Å². The van der Waals surface area contributed by atoms with Gasteiger partial charge in [-0.1, -0.05) is 32.0 Å². The molecular weight excluding hydrogens is 364 g/mol. The second kappa shape index (κ2) is 8.98. The molecule has 0 unspecified atom stereocenters. The quantitative estimate of drug-likeness (QED) is 0.330. The molecular formula is C20H22N2O6. The van der Waals surface area contributed by atoms with Crippen molar-refractivity contribution in [1.29, 1.82) is 0 Å². The zero-order chi connectivity index (χ0) is 20.8. The van der Waals surface area contributed by atoms with Gasteiger partial charge in [0.05, 0.1) is 6.07 Å². The van der Waals surface area contributed by atoms with E-state index in [0.29, 0.717) is 5.69 Å². The van der Waals surface area contributed by atoms with Gasteiger partial charge < -0.3 is 14.5 Å². The van der Waals surface area contributed by atoms with E-state index in [0.717, 1.165) is 17.2 Å². The summed E-state index contributed by atoms with van der Waals surface area (Å²) in [4.78, 5) is 34.2. The van der Waals surface area contributed by atoms with Crippen LogP contribution in [-0.4, -0.2) is 22.9 Å². The lowest BCUT2D eigenvalue weighted by atomic mass is 9.98. The Balaban J connectivity index is 1.99. The van der Waals surface area contributed by atoms with Gasteiger partial charge in [-0.25, -0.2) is 4.79 Å². The molecule has 0 radical (unpaired) electrons. The fourth-order valence-corrected chi connectivity index (χ4v) is 2.51. The number of anilines is 1. The lowest BCUT2D eigenvalue weighted by molar-refractivity contribution is -0.402. The number of esters is 1. The van der Waals surface area contributed by atoms with Gasteiger partial charge in [0.2, 0.25) is 0 Å². The smallest absolute Gasteiger partial charge is 0.433 e. The Morgan fingerprint density at radius 3 is 2.54 bits per heavy atom. The van der Waals surface area contributed by atoms with E-state index < -0.39 is 28.8 Å². The molecule has 1 N–H and O–H groups in total. The summed E-state index contributed by atoms with van der Waals surface area (Å²) in [5, 5.41) is 13.4. The van der Waals surface area contributed by atoms with E-state index in [1.165, 1.54) is 25.1 Å². The molecule has 1 atom stereocenters. The van der Waals surface area contributed by atoms with Crippen molar-refractivity contribution in [3.8, 4) is 0 Å². The molecule has 8 nitrogen and oxygen atoms in total. The maximum absolute atomic E-state index is 12.4. The third-order valence-corrected chi connectivity index (χ3v) is 4.01. The Labute approximate surface area is 162 Å². The molecule has 1 amide bonds. The number of ether oxygens (including phenoxy) is 1. The van der Waals surface area contributed by atoms with Crippen molar-refractivity contribution in [2.75, 3.05) is 5.32 Å². The highest BCUT2D eigenvalue weighted by Crippen LogP contribution is 2.27. The molecule has 0 fully saturated rings. The van der Waals surface area contributed by atoms with Crippen molar-refractivity contribution >= 4 is 29.5 Å². The number of para-hydroxylation sites is 1. The number of furan rings is 1. The minimum Gasteiger partial charge on any atom is -0.449 e. The van der Waals surface area contributed by atoms with Crippen LogP contribution in [-0.2, 0) is 14.3 Å². The largest absolute Gasteiger partial charge is 0.449 e. The minimum absolute atomic E-state index is 0.127. The molecule has 1 aromatic carbocycles. The molecule has 0 aliphatic carbocycles. The summed E-state index contributed by atoms with van der Waals surface area (Å²) in [5.41, 5.74) is 2.62. The van der Waals surface area contributed by atoms with Crippen LogP contribution in [0.4, 0.5) is 11.6 Å². The average Bonchev–Trinajstić information content (AvgIpc) is 3.10. The molecule has 0 saturated heterocycles. The van der Waals surface area contributed by atoms with Crippen LogP contribution in [0.5, 0.6) is 0 Å². The van der Waals surface area contributed by atoms with E-state index >= 15 is 0 Å². The Kier molecular flexibility index (Phi) is 6.70. The number of rotatable bonds is 7. The summed E-state index contributed by atoms with van der Waals surface area (Å²) >= 11 is 0. The van der Waals surface area contributed by atoms with Crippen molar-refractivity contribution in [3.63, 3.8) is 0 Å². The molecule has 0 bridgehead atoms. The molecule has 1 aromatic heterocycles. The topological polar surface area (TPSA) is 112 Å². The average molecular weight is 386 g/mol. The standard InChI is InChI=1S/C20H22N2O6/c1-12(2)16-7-5-6-13(3)19(16)21-20(24)14(4)27-18(23)11-9-15-8-10-17(28-15)22(25)26/h5-12,14H,1-4H3,(H,21,24)/b11-9+/t14-/m0/s1. The maximum atomic E-state index is 12.4. The van der Waals surface area contributed by atoms with Gasteiger partial charge in [-0.15, -0.1) is 0 Å². The second-order valence-electron chi connectivity index (χ2n) is 6.53. The normalized spacial score (nSPS) is 12.2. The van der Waals surface area contributed by atoms with Crippen LogP contribution in [0.1, 0.15) is 43.6 Å². The van der Waals surface area contributed by atoms with Crippen molar-refractivity contribution in [2.24, 2.45) is 0 Å². The van der Waals surface area contributed by atoms with Gasteiger partial charge in [0.25, 0.3) is 5.91 Å². The minimum atomic E-state index is -1.03. The molecule has 28 heavy (non-hydrogen) atoms. The van der Waals surface area contributed by atoms with E-state index in [4.69, 9.17) is 9.15 Å². The number of nitrogens with one attached hydrogen (secondary N) is 1. The number of nitrogens with zero attached hydrogens (tertiary/aromatic N) is 1. The summed E-state index contributed by atoms with van der Waals surface area (Å²) in [5.74, 6) is -1.31. The number of hydrogen-bond donors (Lipinski definition) is 1. The highest BCUT2D eigenvalue weighted by Gasteiger charge is 2.19. The molecule has 0 aliphatic rings. The van der Waals surface area contributed by atoms with E-state index in [2.05, 4.69) is 5.32 Å². The lowest BCUT2D eigenvalue weighted by Crippen LogP contribution is -2.30. The van der Waals surface area contributed by atoms with E-state index in [-0.39, 0.29) is 11.7 Å². The zero-order valence-corrected chi connectivity index (χ0v) is 16.1. The number of amides is 1. The SMILES string of the molecule is Cc1cccc(C(C)C)c1NC(=O)[C@H](C)OC(=O)/C=C/c1ccc([N+](=O)[O-])o1. The molecule has 2 rings (SSSR count). The third kappa shape index (κ3) is 5.29. The van der Waals surface area contributed by atoms with Crippen LogP contribution in [0.2, 0.25) is 0 Å². The van der Waals surface area contributed by atoms with Crippen molar-refractivity contribution < 1.29 is 23.7 Å². The number of aryl methyl sites for hydroxylation is 1. The highest BCUT2D eigenvalue weighted by atomic mass is 16.6. The number of carbonyl (C=O) groups excluding carboxylic acids is 2. The fourth-order valence-electron chi connectivity index (χ4n) is 2.51. The summed E-state index contributed by atoms with van der Waals surface area (Å²) in [6.45, 7) is 7.41. The van der Waals surface area contributed by atoms with Crippen LogP contribution in [0, 0.1) is 17.0 Å². The van der Waals surface area contributed by atoms with Crippen molar-refractivity contribution in [2.45, 2.75) is 39.7 Å². The van der Waals surface area contributed by atoms with Crippen LogP contribution in [0.25, 0.3) is 6.08 Å². The monoisotopic (exact) mass is 386 g/mol. The number of benzene rings is 1. The Hall–Kier alpha value is -3.42. The number of carbonyl (C=O) groups is 2. The van der Waals surface area contributed by atoms with Gasteiger partial charge in [0.15, 0.2) is 6.10 Å². The fraction of sp³-hybridized carbons (Fsp3) is 0.300.